The van der Waals surface area contributed by atoms with Crippen LogP contribution in [0.5, 0.6) is 0 Å². The fraction of sp³-hybridized carbons (Fsp3) is 1.00. The molecule has 0 aromatic carbocycles. The Morgan fingerprint density at radius 3 is 1.85 bits per heavy atom. The molecule has 1 atom stereocenters. The summed E-state index contributed by atoms with van der Waals surface area (Å²) in [4.78, 5) is 0. The van der Waals surface area contributed by atoms with Crippen LogP contribution in [0, 0.1) is 0 Å². The second-order valence-corrected chi connectivity index (χ2v) is 16.2. The van der Waals surface area contributed by atoms with Gasteiger partial charge in [0.25, 0.3) is 0 Å². The first-order chi connectivity index (χ1) is 9.60. The Morgan fingerprint density at radius 1 is 0.900 bits per heavy atom. The Bertz CT molecular complexity index is 203. The average molecular weight is 394 g/mol. The molecule has 0 bridgehead atoms. The monoisotopic (exact) mass is 395 g/mol. The van der Waals surface area contributed by atoms with E-state index in [1.165, 1.54) is 30.1 Å². The van der Waals surface area contributed by atoms with E-state index >= 15 is 0 Å². The van der Waals surface area contributed by atoms with Gasteiger partial charge in [0, 0.05) is 0 Å². The van der Waals surface area contributed by atoms with Gasteiger partial charge in [-0.1, -0.05) is 0 Å². The van der Waals surface area contributed by atoms with E-state index in [1.54, 1.807) is 0 Å². The zero-order valence-electron chi connectivity index (χ0n) is 14.2. The minimum absolute atomic E-state index is 0.322. The Morgan fingerprint density at radius 2 is 1.45 bits per heavy atom. The molecule has 2 N–H and O–H groups in total. The van der Waals surface area contributed by atoms with E-state index in [0.717, 1.165) is 36.9 Å². The summed E-state index contributed by atoms with van der Waals surface area (Å²) in [6, 6.07) is 0.322. The maximum atomic E-state index is 6.33. The molecule has 4 heteroatoms. The molecular weight excluding hydrogens is 357 g/mol. The molecule has 0 aliphatic heterocycles. The van der Waals surface area contributed by atoms with Crippen LogP contribution in [-0.2, 0) is 6.15 Å². The number of hydrogen-bond acceptors (Lipinski definition) is 3. The van der Waals surface area contributed by atoms with Gasteiger partial charge in [0.05, 0.1) is 0 Å². The van der Waals surface area contributed by atoms with E-state index in [2.05, 4.69) is 27.7 Å². The van der Waals surface area contributed by atoms with E-state index in [4.69, 9.17) is 11.9 Å². The van der Waals surface area contributed by atoms with Crippen LogP contribution in [0.25, 0.3) is 0 Å². The van der Waals surface area contributed by atoms with Crippen LogP contribution >= 0.6 is 0 Å². The molecule has 122 valence electrons. The summed E-state index contributed by atoms with van der Waals surface area (Å²) in [6.07, 6.45) is 8.28. The Kier molecular flexibility index (Phi) is 13.8. The molecule has 0 spiro atoms. The molecule has 0 saturated heterocycles. The van der Waals surface area contributed by atoms with Crippen molar-refractivity contribution in [3.8, 4) is 0 Å². The van der Waals surface area contributed by atoms with Crippen molar-refractivity contribution >= 4 is 19.2 Å². The first-order valence-corrected chi connectivity index (χ1v) is 15.0. The van der Waals surface area contributed by atoms with Crippen molar-refractivity contribution in [2.45, 2.75) is 87.6 Å². The zero-order valence-corrected chi connectivity index (χ0v) is 17.1. The molecular formula is C16H37NO2Sn. The van der Waals surface area contributed by atoms with Gasteiger partial charge in [-0.25, -0.2) is 0 Å². The molecule has 0 aliphatic carbocycles. The second kappa shape index (κ2) is 13.3. The fourth-order valence-electron chi connectivity index (χ4n) is 2.23. The van der Waals surface area contributed by atoms with Crippen molar-refractivity contribution in [3.63, 3.8) is 0 Å². The van der Waals surface area contributed by atoms with Crippen molar-refractivity contribution in [3.05, 3.63) is 0 Å². The van der Waals surface area contributed by atoms with Crippen LogP contribution < -0.4 is 5.73 Å². The number of rotatable bonds is 14. The predicted molar refractivity (Wildman–Crippen MR) is 90.3 cm³/mol. The van der Waals surface area contributed by atoms with Gasteiger partial charge in [0.15, 0.2) is 0 Å². The molecule has 0 amide bonds. The van der Waals surface area contributed by atoms with Crippen molar-refractivity contribution < 1.29 is 6.15 Å². The van der Waals surface area contributed by atoms with Crippen LogP contribution in [0.3, 0.4) is 0 Å². The summed E-state index contributed by atoms with van der Waals surface area (Å²) in [6.45, 7) is 10.6. The summed E-state index contributed by atoms with van der Waals surface area (Å²) in [5.41, 5.74) is 5.83. The van der Waals surface area contributed by atoms with Gasteiger partial charge >= 0.3 is 132 Å². The molecule has 0 aliphatic rings. The first kappa shape index (κ1) is 20.7. The van der Waals surface area contributed by atoms with Gasteiger partial charge in [-0.15, -0.1) is 0 Å². The summed E-state index contributed by atoms with van der Waals surface area (Å²) >= 11 is -2.77. The summed E-state index contributed by atoms with van der Waals surface area (Å²) in [5.74, 6) is 0. The van der Waals surface area contributed by atoms with Gasteiger partial charge in [-0.3, -0.25) is 0 Å². The van der Waals surface area contributed by atoms with Gasteiger partial charge < -0.3 is 0 Å². The fourth-order valence-corrected chi connectivity index (χ4v) is 10.7. The van der Waals surface area contributed by atoms with Gasteiger partial charge in [-0.2, -0.15) is 0 Å². The minimum atomic E-state index is -2.77. The number of nitrogens with two attached hydrogens (primary N) is 1. The molecule has 0 radical (unpaired) electrons. The van der Waals surface area contributed by atoms with E-state index in [-0.39, 0.29) is 0 Å². The van der Waals surface area contributed by atoms with E-state index in [1.807, 2.05) is 0 Å². The van der Waals surface area contributed by atoms with Crippen LogP contribution in [0.1, 0.15) is 72.6 Å². The molecule has 20 heavy (non-hydrogen) atoms. The molecule has 0 aromatic heterocycles. The van der Waals surface area contributed by atoms with Crippen LogP contribution in [-0.4, -0.2) is 38.5 Å². The summed E-state index contributed by atoms with van der Waals surface area (Å²) in [5, 5.41) is 0. The molecule has 0 fully saturated rings. The third-order valence-corrected chi connectivity index (χ3v) is 14.2. The van der Waals surface area contributed by atoms with Gasteiger partial charge in [0.1, 0.15) is 0 Å². The molecule has 0 aromatic rings. The quantitative estimate of drug-likeness (QED) is 0.346. The second-order valence-electron chi connectivity index (χ2n) is 5.89. The third-order valence-electron chi connectivity index (χ3n) is 3.73. The average Bonchev–Trinajstić information content (AvgIpc) is 2.43. The normalized spacial score (nSPS) is 13.7. The molecule has 3 nitrogen and oxygen atoms in total. The molecule has 0 saturated carbocycles. The number of unbranched alkanes of at least 4 members (excludes halogenated alkanes) is 3. The first-order valence-electron chi connectivity index (χ1n) is 8.63. The van der Waals surface area contributed by atoms with Crippen molar-refractivity contribution in [1.29, 1.82) is 0 Å². The SMILES string of the molecule is CCCC[O][Sn]([CH2]C)([CH2]CCCC(C)N)[O]CCCC. The van der Waals surface area contributed by atoms with Crippen LogP contribution in [0.4, 0.5) is 0 Å². The molecule has 1 unspecified atom stereocenters. The Balaban J connectivity index is 4.24. The maximum absolute atomic E-state index is 6.33. The van der Waals surface area contributed by atoms with Crippen molar-refractivity contribution in [2.75, 3.05) is 13.2 Å². The van der Waals surface area contributed by atoms with E-state index in [0.29, 0.717) is 6.04 Å². The van der Waals surface area contributed by atoms with E-state index in [9.17, 15) is 0 Å². The van der Waals surface area contributed by atoms with Crippen molar-refractivity contribution in [2.24, 2.45) is 5.73 Å². The standard InChI is InChI=1S/C6H14N.2C4H9O.C2H5.Sn/c1-3-4-5-6(2)7;2*1-2-3-4-5;1-2;/h6H,1,3-5,7H2,2H3;2*2-4H2,1H3;1H2,2H3;/q;2*-1;;+2. The molecule has 0 rings (SSSR count). The van der Waals surface area contributed by atoms with Gasteiger partial charge in [0.2, 0.25) is 0 Å². The third kappa shape index (κ3) is 10.4. The van der Waals surface area contributed by atoms with Gasteiger partial charge in [-0.05, 0) is 0 Å². The molecule has 0 heterocycles. The zero-order chi connectivity index (χ0) is 15.3. The van der Waals surface area contributed by atoms with E-state index < -0.39 is 19.2 Å². The van der Waals surface area contributed by atoms with Crippen LogP contribution in [0.2, 0.25) is 8.87 Å². The van der Waals surface area contributed by atoms with Crippen LogP contribution in [0.15, 0.2) is 0 Å². The van der Waals surface area contributed by atoms with Crippen molar-refractivity contribution in [1.82, 2.24) is 0 Å². The Labute approximate surface area is 131 Å². The topological polar surface area (TPSA) is 44.5 Å². The predicted octanol–water partition coefficient (Wildman–Crippen LogP) is 4.60. The number of hydrogen-bond donors (Lipinski definition) is 1. The summed E-state index contributed by atoms with van der Waals surface area (Å²) in [7, 11) is 0. The Hall–Kier alpha value is 0.679. The summed E-state index contributed by atoms with van der Waals surface area (Å²) < 4.78 is 15.0.